The summed E-state index contributed by atoms with van der Waals surface area (Å²) >= 11 is 0. The molecule has 0 unspecified atom stereocenters. The molecule has 370 valence electrons. The highest BCUT2D eigenvalue weighted by molar-refractivity contribution is 7.67. The fourth-order valence-corrected chi connectivity index (χ4v) is 14.4. The number of rotatable bonds is 15. The average Bonchev–Trinajstić information content (AvgIpc) is 3.33. The molecule has 4 N–H and O–H groups in total. The number of fused-ring (bicyclic) bond motifs is 1. The lowest BCUT2D eigenvalue weighted by molar-refractivity contribution is 0.182. The van der Waals surface area contributed by atoms with Crippen LogP contribution in [0, 0.1) is 11.3 Å². The lowest BCUT2D eigenvalue weighted by atomic mass is 9.81. The quantitative estimate of drug-likeness (QED) is 0.0737. The molecule has 2 fully saturated rings. The van der Waals surface area contributed by atoms with Crippen molar-refractivity contribution in [2.75, 3.05) is 31.9 Å². The molecule has 5 aromatic rings. The van der Waals surface area contributed by atoms with Crippen LogP contribution in [0.25, 0.3) is 21.9 Å². The number of ether oxygens (including phenoxy) is 2. The molecular weight excluding hydrogens is 880 g/mol. The maximum Gasteiger partial charge on any atom is 0.405 e. The van der Waals surface area contributed by atoms with Crippen molar-refractivity contribution in [2.24, 2.45) is 0 Å². The molecule has 2 saturated carbocycles. The third kappa shape index (κ3) is 12.1. The van der Waals surface area contributed by atoms with Gasteiger partial charge in [0.2, 0.25) is 0 Å². The zero-order valence-electron chi connectivity index (χ0n) is 43.5. The van der Waals surface area contributed by atoms with Crippen molar-refractivity contribution in [2.45, 2.75) is 174 Å². The molecule has 0 radical (unpaired) electrons. The van der Waals surface area contributed by atoms with Crippen LogP contribution >= 0.6 is 7.92 Å². The number of methoxy groups -OCH3 is 2. The Morgan fingerprint density at radius 2 is 1.32 bits per heavy atom. The molecule has 7 rings (SSSR count). The van der Waals surface area contributed by atoms with Gasteiger partial charge in [-0.25, -0.2) is 24.7 Å². The Labute approximate surface area is 413 Å². The zero-order chi connectivity index (χ0) is 50.2. The van der Waals surface area contributed by atoms with E-state index in [0.29, 0.717) is 52.2 Å². The molecule has 3 heterocycles. The van der Waals surface area contributed by atoms with Crippen molar-refractivity contribution in [1.82, 2.24) is 25.3 Å². The van der Waals surface area contributed by atoms with E-state index in [1.54, 1.807) is 33.3 Å². The van der Waals surface area contributed by atoms with Gasteiger partial charge in [0.05, 0.1) is 31.6 Å². The summed E-state index contributed by atoms with van der Waals surface area (Å²) in [6.07, 6.45) is 17.5. The van der Waals surface area contributed by atoms with Crippen LogP contribution in [-0.2, 0) is 5.54 Å². The Kier molecular flexibility index (Phi) is 17.9. The van der Waals surface area contributed by atoms with Crippen molar-refractivity contribution in [1.29, 1.82) is 5.26 Å². The van der Waals surface area contributed by atoms with Gasteiger partial charge in [0.25, 0.3) is 0 Å². The summed E-state index contributed by atoms with van der Waals surface area (Å²) < 4.78 is 12.6. The summed E-state index contributed by atoms with van der Waals surface area (Å²) in [5.74, 6) is 5.12. The number of amides is 1. The Hall–Kier alpha value is -5.53. The maximum absolute atomic E-state index is 11.3. The second kappa shape index (κ2) is 23.4. The van der Waals surface area contributed by atoms with Gasteiger partial charge < -0.3 is 30.5 Å². The minimum absolute atomic E-state index is 0.0345. The molecule has 0 aliphatic heterocycles. The van der Waals surface area contributed by atoms with Crippen molar-refractivity contribution >= 4 is 47.5 Å². The van der Waals surface area contributed by atoms with E-state index < -0.39 is 11.6 Å². The van der Waals surface area contributed by atoms with E-state index in [1.807, 2.05) is 34.1 Å². The number of pyridine rings is 2. The molecule has 69 heavy (non-hydrogen) atoms. The van der Waals surface area contributed by atoms with Crippen LogP contribution in [0.5, 0.6) is 11.5 Å². The van der Waals surface area contributed by atoms with Crippen molar-refractivity contribution in [3.05, 3.63) is 82.6 Å². The number of aromatic nitrogens is 4. The first-order valence-electron chi connectivity index (χ1n) is 25.2. The van der Waals surface area contributed by atoms with E-state index in [4.69, 9.17) is 9.47 Å². The Morgan fingerprint density at radius 1 is 0.739 bits per heavy atom. The summed E-state index contributed by atoms with van der Waals surface area (Å²) in [7, 11) is 5.14. The number of nitriles is 1. The summed E-state index contributed by atoms with van der Waals surface area (Å²) in [6.45, 7) is 21.5. The molecule has 2 aromatic carbocycles. The Balaban J connectivity index is 0.000000232. The van der Waals surface area contributed by atoms with Gasteiger partial charge in [-0.05, 0) is 120 Å². The van der Waals surface area contributed by atoms with Gasteiger partial charge in [0, 0.05) is 41.3 Å². The van der Waals surface area contributed by atoms with Gasteiger partial charge in [-0.2, -0.15) is 5.26 Å². The van der Waals surface area contributed by atoms with Crippen molar-refractivity contribution < 1.29 is 19.4 Å². The molecule has 1 amide bonds. The van der Waals surface area contributed by atoms with Crippen LogP contribution in [0.2, 0.25) is 0 Å². The van der Waals surface area contributed by atoms with Gasteiger partial charge in [-0.3, -0.25) is 0 Å². The second-order valence-electron chi connectivity index (χ2n) is 20.5. The number of nitrogens with one attached hydrogen (secondary N) is 3. The number of carboxylic acid groups (broad SMARTS) is 1. The van der Waals surface area contributed by atoms with Crippen LogP contribution in [0.4, 0.5) is 22.2 Å². The number of hydrogen-bond acceptors (Lipinski definition) is 10. The van der Waals surface area contributed by atoms with Gasteiger partial charge in [0.15, 0.2) is 5.69 Å². The monoisotopic (exact) mass is 957 g/mol. The van der Waals surface area contributed by atoms with Crippen LogP contribution < -0.4 is 30.7 Å². The van der Waals surface area contributed by atoms with Gasteiger partial charge in [0.1, 0.15) is 35.0 Å². The first-order chi connectivity index (χ1) is 32.9. The molecule has 13 heteroatoms. The minimum atomic E-state index is -1.13. The Bertz CT molecular complexity index is 2560. The molecule has 0 atom stereocenters. The molecule has 12 nitrogen and oxygen atoms in total. The third-order valence-corrected chi connectivity index (χ3v) is 17.5. The first kappa shape index (κ1) is 52.8. The largest absolute Gasteiger partial charge is 0.496 e. The molecular formula is C56H77N8O4P. The van der Waals surface area contributed by atoms with Crippen LogP contribution in [0.3, 0.4) is 0 Å². The number of carbonyl (C=O) groups is 1. The van der Waals surface area contributed by atoms with E-state index in [9.17, 15) is 15.2 Å². The van der Waals surface area contributed by atoms with Crippen LogP contribution in [0.15, 0.2) is 48.9 Å². The topological polar surface area (TPSA) is 167 Å². The first-order valence-corrected chi connectivity index (χ1v) is 26.7. The summed E-state index contributed by atoms with van der Waals surface area (Å²) in [6, 6.07) is 13.3. The number of anilines is 3. The number of nitrogens with zero attached hydrogens (tertiary/aromatic N) is 5. The summed E-state index contributed by atoms with van der Waals surface area (Å²) in [5, 5.41) is 30.2. The van der Waals surface area contributed by atoms with E-state index >= 15 is 0 Å². The van der Waals surface area contributed by atoms with E-state index in [2.05, 4.69) is 108 Å². The highest BCUT2D eigenvalue weighted by Gasteiger charge is 2.38. The summed E-state index contributed by atoms with van der Waals surface area (Å²) in [4.78, 5) is 28.8. The lowest BCUT2D eigenvalue weighted by Gasteiger charge is -2.41. The predicted octanol–water partition coefficient (Wildman–Crippen LogP) is 14.2. The predicted molar refractivity (Wildman–Crippen MR) is 285 cm³/mol. The molecule has 0 spiro atoms. The lowest BCUT2D eigenvalue weighted by Crippen LogP contribution is -2.40. The van der Waals surface area contributed by atoms with E-state index in [1.165, 1.54) is 104 Å². The fraction of sp³-hybridized carbons (Fsp3) is 0.536. The standard InChI is InChI=1S/C35H53O2P.C21H24N8O2/c1-23(2)26-21-29(24(3)4)33(30(22-26)25(5)6)34-31(36-7)19-20-32(37-8)35(34)38(27-15-11-9-12-16-27)28-17-13-10-14-18-28;1-11(2)18-15(7-22)24-10-17(28-18)27-16-6-12-13(8-25-16)19(23-5)26-9-14(12)21(3,4)29-20(30)31/h19-25,27-28H,9-18H2,1-8H3;6,8-11,29H,1-5H3,(H,23,26)(H,30,31)(H,25,27,28). The fourth-order valence-electron chi connectivity index (χ4n) is 10.3. The van der Waals surface area contributed by atoms with Crippen LogP contribution in [0.1, 0.15) is 191 Å². The SMILES string of the molecule is CNc1ncc(C(C)(C)NC(=O)O)c2cc(Nc3cnc(C#N)c(C(C)C)n3)ncc12.COc1ccc(OC)c(P(C2CCCCC2)C2CCCCC2)c1-c1c(C(C)C)cc(C(C)C)cc1C(C)C. The third-order valence-electron chi connectivity index (χ3n) is 13.9. The molecule has 0 bridgehead atoms. The van der Waals surface area contributed by atoms with Crippen molar-refractivity contribution in [3.8, 4) is 28.7 Å². The normalized spacial score (nSPS) is 14.8. The highest BCUT2D eigenvalue weighted by Crippen LogP contribution is 2.59. The molecule has 0 saturated heterocycles. The Morgan fingerprint density at radius 3 is 1.81 bits per heavy atom. The molecule has 2 aliphatic carbocycles. The van der Waals surface area contributed by atoms with Crippen molar-refractivity contribution in [3.63, 3.8) is 0 Å². The van der Waals surface area contributed by atoms with Gasteiger partial charge >= 0.3 is 6.09 Å². The minimum Gasteiger partial charge on any atom is -0.496 e. The molecule has 3 aromatic heterocycles. The summed E-state index contributed by atoms with van der Waals surface area (Å²) in [5.41, 5.74) is 9.47. The van der Waals surface area contributed by atoms with Gasteiger partial charge in [-0.15, -0.1) is 0 Å². The maximum atomic E-state index is 11.3. The van der Waals surface area contributed by atoms with Crippen LogP contribution in [-0.4, -0.2) is 63.7 Å². The second-order valence-corrected chi connectivity index (χ2v) is 23.3. The number of benzene rings is 2. The molecule has 2 aliphatic rings. The zero-order valence-corrected chi connectivity index (χ0v) is 44.4. The average molecular weight is 957 g/mol. The van der Waals surface area contributed by atoms with E-state index in [-0.39, 0.29) is 13.8 Å². The highest BCUT2D eigenvalue weighted by atomic mass is 31.1. The smallest absolute Gasteiger partial charge is 0.405 e. The van der Waals surface area contributed by atoms with Gasteiger partial charge in [-0.1, -0.05) is 114 Å². The van der Waals surface area contributed by atoms with E-state index in [0.717, 1.165) is 33.6 Å². The number of hydrogen-bond donors (Lipinski definition) is 4.